The van der Waals surface area contributed by atoms with E-state index in [4.69, 9.17) is 0 Å². The quantitative estimate of drug-likeness (QED) is 0.848. The fourth-order valence-corrected chi connectivity index (χ4v) is 3.08. The zero-order valence-electron chi connectivity index (χ0n) is 12.3. The van der Waals surface area contributed by atoms with Gasteiger partial charge in [-0.3, -0.25) is 0 Å². The lowest BCUT2D eigenvalue weighted by Crippen LogP contribution is -1.92. The van der Waals surface area contributed by atoms with Crippen molar-refractivity contribution in [2.24, 2.45) is 0 Å². The Morgan fingerprint density at radius 3 is 2.52 bits per heavy atom. The van der Waals surface area contributed by atoms with Crippen LogP contribution in [0.1, 0.15) is 42.0 Å². The maximum absolute atomic E-state index is 9.66. The van der Waals surface area contributed by atoms with Gasteiger partial charge in [0, 0.05) is 0 Å². The normalized spacial score (nSPS) is 14.2. The molecule has 0 aliphatic heterocycles. The van der Waals surface area contributed by atoms with Gasteiger partial charge in [-0.2, -0.15) is 0 Å². The summed E-state index contributed by atoms with van der Waals surface area (Å²) in [6, 6.07) is 11.2. The number of hydrogen-bond acceptors (Lipinski definition) is 2. The fourth-order valence-electron chi connectivity index (χ4n) is 3.08. The maximum atomic E-state index is 9.66. The number of benzene rings is 2. The van der Waals surface area contributed by atoms with Gasteiger partial charge in [-0.15, -0.1) is 0 Å². The van der Waals surface area contributed by atoms with Gasteiger partial charge >= 0.3 is 0 Å². The topological polar surface area (TPSA) is 40.5 Å². The van der Waals surface area contributed by atoms with Crippen LogP contribution in [0.2, 0.25) is 0 Å². The van der Waals surface area contributed by atoms with Crippen molar-refractivity contribution in [3.05, 3.63) is 58.7 Å². The average Bonchev–Trinajstić information content (AvgIpc) is 2.68. The first-order valence-corrected chi connectivity index (χ1v) is 7.52. The lowest BCUT2D eigenvalue weighted by Gasteiger charge is -2.11. The molecule has 0 spiro atoms. The van der Waals surface area contributed by atoms with E-state index in [0.717, 1.165) is 25.7 Å². The Morgan fingerprint density at radius 2 is 1.71 bits per heavy atom. The van der Waals surface area contributed by atoms with E-state index >= 15 is 0 Å². The number of allylic oxidation sites excluding steroid dienone is 1. The molecule has 2 nitrogen and oxygen atoms in total. The summed E-state index contributed by atoms with van der Waals surface area (Å²) in [4.78, 5) is 0. The van der Waals surface area contributed by atoms with Crippen LogP contribution in [-0.4, -0.2) is 10.2 Å². The average molecular weight is 280 g/mol. The molecule has 2 aromatic carbocycles. The predicted molar refractivity (Wildman–Crippen MR) is 86.4 cm³/mol. The van der Waals surface area contributed by atoms with Crippen LogP contribution in [-0.2, 0) is 12.8 Å². The summed E-state index contributed by atoms with van der Waals surface area (Å²) in [5, 5.41) is 19.3. The van der Waals surface area contributed by atoms with E-state index < -0.39 is 0 Å². The summed E-state index contributed by atoms with van der Waals surface area (Å²) in [6.07, 6.45) is 6.22. The SMILES string of the molecule is CCc1cc(O)ccc1C1=Cc2ccc(O)cc2CCC1. The zero-order chi connectivity index (χ0) is 14.8. The van der Waals surface area contributed by atoms with Crippen molar-refractivity contribution in [1.29, 1.82) is 0 Å². The van der Waals surface area contributed by atoms with Crippen molar-refractivity contribution >= 4 is 11.6 Å². The molecule has 0 fully saturated rings. The Morgan fingerprint density at radius 1 is 0.952 bits per heavy atom. The van der Waals surface area contributed by atoms with Crippen molar-refractivity contribution in [3.63, 3.8) is 0 Å². The lowest BCUT2D eigenvalue weighted by molar-refractivity contribution is 0.474. The van der Waals surface area contributed by atoms with Gasteiger partial charge in [-0.25, -0.2) is 0 Å². The van der Waals surface area contributed by atoms with E-state index in [1.54, 1.807) is 12.1 Å². The Hall–Kier alpha value is -2.22. The largest absolute Gasteiger partial charge is 0.508 e. The molecule has 0 saturated heterocycles. The highest BCUT2D eigenvalue weighted by Gasteiger charge is 2.13. The number of phenolic OH excluding ortho intramolecular Hbond substituents is 2. The highest BCUT2D eigenvalue weighted by Crippen LogP contribution is 2.33. The molecule has 2 N–H and O–H groups in total. The van der Waals surface area contributed by atoms with Crippen molar-refractivity contribution < 1.29 is 10.2 Å². The summed E-state index contributed by atoms with van der Waals surface area (Å²) in [5.74, 6) is 0.666. The second-order valence-corrected chi connectivity index (χ2v) is 5.60. The van der Waals surface area contributed by atoms with Crippen molar-refractivity contribution in [3.8, 4) is 11.5 Å². The van der Waals surface area contributed by atoms with E-state index in [-0.39, 0.29) is 0 Å². The monoisotopic (exact) mass is 280 g/mol. The lowest BCUT2D eigenvalue weighted by atomic mass is 9.94. The van der Waals surface area contributed by atoms with Crippen LogP contribution in [0.5, 0.6) is 11.5 Å². The first-order valence-electron chi connectivity index (χ1n) is 7.52. The number of phenols is 2. The van der Waals surface area contributed by atoms with Gasteiger partial charge < -0.3 is 10.2 Å². The maximum Gasteiger partial charge on any atom is 0.115 e. The van der Waals surface area contributed by atoms with Gasteiger partial charge in [0.2, 0.25) is 0 Å². The number of aromatic hydroxyl groups is 2. The fraction of sp³-hybridized carbons (Fsp3) is 0.263. The van der Waals surface area contributed by atoms with Crippen molar-refractivity contribution in [2.45, 2.75) is 32.6 Å². The van der Waals surface area contributed by atoms with E-state index in [9.17, 15) is 10.2 Å². The first-order chi connectivity index (χ1) is 10.2. The molecule has 0 radical (unpaired) electrons. The minimum absolute atomic E-state index is 0.329. The molecule has 0 aromatic heterocycles. The molecule has 1 aliphatic carbocycles. The smallest absolute Gasteiger partial charge is 0.115 e. The Kier molecular flexibility index (Phi) is 3.70. The van der Waals surface area contributed by atoms with E-state index in [0.29, 0.717) is 11.5 Å². The third-order valence-electron chi connectivity index (χ3n) is 4.16. The molecule has 0 saturated carbocycles. The molecule has 0 heterocycles. The molecule has 0 amide bonds. The molecular weight excluding hydrogens is 260 g/mol. The summed E-state index contributed by atoms with van der Waals surface area (Å²) >= 11 is 0. The number of fused-ring (bicyclic) bond motifs is 1. The molecular formula is C19H20O2. The van der Waals surface area contributed by atoms with Crippen LogP contribution >= 0.6 is 0 Å². The molecule has 0 bridgehead atoms. The third-order valence-corrected chi connectivity index (χ3v) is 4.16. The molecule has 3 rings (SSSR count). The van der Waals surface area contributed by atoms with Crippen LogP contribution < -0.4 is 0 Å². The van der Waals surface area contributed by atoms with Crippen LogP contribution in [0.4, 0.5) is 0 Å². The second-order valence-electron chi connectivity index (χ2n) is 5.60. The molecule has 0 atom stereocenters. The van der Waals surface area contributed by atoms with E-state index in [1.807, 2.05) is 24.3 Å². The van der Waals surface area contributed by atoms with Crippen LogP contribution in [0.25, 0.3) is 11.6 Å². The van der Waals surface area contributed by atoms with Gasteiger partial charge in [-0.1, -0.05) is 25.1 Å². The van der Waals surface area contributed by atoms with Crippen LogP contribution in [0.15, 0.2) is 36.4 Å². The second kappa shape index (κ2) is 5.65. The molecule has 21 heavy (non-hydrogen) atoms. The van der Waals surface area contributed by atoms with Crippen LogP contribution in [0.3, 0.4) is 0 Å². The first kappa shape index (κ1) is 13.7. The summed E-state index contributed by atoms with van der Waals surface area (Å²) in [5.41, 5.74) is 6.13. The Bertz CT molecular complexity index is 699. The summed E-state index contributed by atoms with van der Waals surface area (Å²) < 4.78 is 0. The van der Waals surface area contributed by atoms with Crippen molar-refractivity contribution in [1.82, 2.24) is 0 Å². The molecule has 2 aromatic rings. The minimum atomic E-state index is 0.329. The standard InChI is InChI=1S/C19H20O2/c1-2-13-11-18(21)8-9-19(13)16-5-3-4-14-12-17(20)7-6-15(14)10-16/h6-12,20-21H,2-5H2,1H3. The van der Waals surface area contributed by atoms with Gasteiger partial charge in [0.25, 0.3) is 0 Å². The molecule has 0 unspecified atom stereocenters. The van der Waals surface area contributed by atoms with Gasteiger partial charge in [0.15, 0.2) is 0 Å². The van der Waals surface area contributed by atoms with E-state index in [1.165, 1.54) is 27.8 Å². The van der Waals surface area contributed by atoms with E-state index in [2.05, 4.69) is 13.0 Å². The minimum Gasteiger partial charge on any atom is -0.508 e. The predicted octanol–water partition coefficient (Wildman–Crippen LogP) is 4.54. The summed E-state index contributed by atoms with van der Waals surface area (Å²) in [7, 11) is 0. The van der Waals surface area contributed by atoms with Gasteiger partial charge in [0.1, 0.15) is 11.5 Å². The third kappa shape index (κ3) is 2.80. The number of hydrogen-bond donors (Lipinski definition) is 2. The Labute approximate surface area is 125 Å². The molecule has 2 heteroatoms. The summed E-state index contributed by atoms with van der Waals surface area (Å²) in [6.45, 7) is 2.11. The van der Waals surface area contributed by atoms with Crippen molar-refractivity contribution in [2.75, 3.05) is 0 Å². The van der Waals surface area contributed by atoms with Crippen LogP contribution in [0, 0.1) is 0 Å². The highest BCUT2D eigenvalue weighted by atomic mass is 16.3. The Balaban J connectivity index is 2.08. The zero-order valence-corrected chi connectivity index (χ0v) is 12.3. The molecule has 1 aliphatic rings. The number of rotatable bonds is 2. The molecule has 108 valence electrons. The number of aryl methyl sites for hydroxylation is 2. The highest BCUT2D eigenvalue weighted by molar-refractivity contribution is 5.84. The van der Waals surface area contributed by atoms with Gasteiger partial charge in [-0.05, 0) is 77.8 Å². The van der Waals surface area contributed by atoms with Gasteiger partial charge in [0.05, 0.1) is 0 Å².